The molecule has 0 aromatic carbocycles. The summed E-state index contributed by atoms with van der Waals surface area (Å²) in [6, 6.07) is 0.612. The number of carbonyl (C=O) groups excluding carboxylic acids is 1. The highest BCUT2D eigenvalue weighted by molar-refractivity contribution is 9.10. The molecule has 2 heterocycles. The van der Waals surface area contributed by atoms with Gasteiger partial charge in [0, 0.05) is 19.1 Å². The van der Waals surface area contributed by atoms with Gasteiger partial charge in [-0.1, -0.05) is 36.2 Å². The van der Waals surface area contributed by atoms with Gasteiger partial charge < -0.3 is 4.90 Å². The summed E-state index contributed by atoms with van der Waals surface area (Å²) in [7, 11) is 0. The lowest BCUT2D eigenvalue weighted by Crippen LogP contribution is -2.43. The highest BCUT2D eigenvalue weighted by Crippen LogP contribution is 2.23. The highest BCUT2D eigenvalue weighted by atomic mass is 79.9. The van der Waals surface area contributed by atoms with Crippen molar-refractivity contribution in [2.24, 2.45) is 5.92 Å². The molecule has 2 aliphatic heterocycles. The molecular formula is C14H25BrN2O. The quantitative estimate of drug-likeness (QED) is 0.747. The molecule has 0 radical (unpaired) electrons. The maximum atomic E-state index is 12.3. The Balaban J connectivity index is 1.85. The molecule has 0 aliphatic carbocycles. The van der Waals surface area contributed by atoms with E-state index in [9.17, 15) is 4.79 Å². The van der Waals surface area contributed by atoms with Crippen molar-refractivity contribution in [3.63, 3.8) is 0 Å². The van der Waals surface area contributed by atoms with Crippen LogP contribution < -0.4 is 0 Å². The van der Waals surface area contributed by atoms with Gasteiger partial charge in [0.05, 0.1) is 4.83 Å². The Morgan fingerprint density at radius 1 is 1.17 bits per heavy atom. The van der Waals surface area contributed by atoms with Crippen molar-refractivity contribution in [2.45, 2.75) is 50.4 Å². The van der Waals surface area contributed by atoms with Crippen LogP contribution in [0.4, 0.5) is 0 Å². The van der Waals surface area contributed by atoms with Crippen molar-refractivity contribution in [1.82, 2.24) is 9.80 Å². The molecular weight excluding hydrogens is 292 g/mol. The van der Waals surface area contributed by atoms with Crippen LogP contribution in [0.3, 0.4) is 0 Å². The molecule has 0 N–H and O–H groups in total. The van der Waals surface area contributed by atoms with Crippen LogP contribution in [-0.4, -0.2) is 52.8 Å². The molecule has 2 aliphatic rings. The second kappa shape index (κ2) is 6.38. The number of nitrogens with zero attached hydrogens (tertiary/aromatic N) is 2. The van der Waals surface area contributed by atoms with Crippen molar-refractivity contribution in [1.29, 1.82) is 0 Å². The minimum Gasteiger partial charge on any atom is -0.340 e. The van der Waals surface area contributed by atoms with E-state index in [0.717, 1.165) is 19.5 Å². The van der Waals surface area contributed by atoms with Gasteiger partial charge in [-0.25, -0.2) is 0 Å². The standard InChI is InChI=1S/C14H25BrN2O/c1-11(2)13(15)14(18)17-9-6-12(10-17)16-7-4-3-5-8-16/h11-13H,3-10H2,1-2H3. The van der Waals surface area contributed by atoms with Gasteiger partial charge in [0.15, 0.2) is 0 Å². The first kappa shape index (κ1) is 14.3. The smallest absolute Gasteiger partial charge is 0.236 e. The summed E-state index contributed by atoms with van der Waals surface area (Å²) in [4.78, 5) is 16.9. The van der Waals surface area contributed by atoms with Crippen molar-refractivity contribution in [3.05, 3.63) is 0 Å². The van der Waals surface area contributed by atoms with E-state index in [4.69, 9.17) is 0 Å². The van der Waals surface area contributed by atoms with Gasteiger partial charge in [0.1, 0.15) is 0 Å². The number of halogens is 1. The van der Waals surface area contributed by atoms with Crippen LogP contribution in [0.2, 0.25) is 0 Å². The van der Waals surface area contributed by atoms with Crippen LogP contribution in [0.25, 0.3) is 0 Å². The third kappa shape index (κ3) is 3.27. The summed E-state index contributed by atoms with van der Waals surface area (Å²) in [5.41, 5.74) is 0. The molecule has 0 spiro atoms. The monoisotopic (exact) mass is 316 g/mol. The Bertz CT molecular complexity index is 290. The Morgan fingerprint density at radius 2 is 1.83 bits per heavy atom. The van der Waals surface area contributed by atoms with Crippen molar-refractivity contribution < 1.29 is 4.79 Å². The van der Waals surface area contributed by atoms with Crippen LogP contribution in [0.1, 0.15) is 39.5 Å². The SMILES string of the molecule is CC(C)C(Br)C(=O)N1CCC(N2CCCCC2)C1. The van der Waals surface area contributed by atoms with Crippen molar-refractivity contribution >= 4 is 21.8 Å². The van der Waals surface area contributed by atoms with E-state index in [0.29, 0.717) is 12.0 Å². The van der Waals surface area contributed by atoms with Crippen molar-refractivity contribution in [3.8, 4) is 0 Å². The summed E-state index contributed by atoms with van der Waals surface area (Å²) < 4.78 is 0. The molecule has 0 bridgehead atoms. The largest absolute Gasteiger partial charge is 0.340 e. The lowest BCUT2D eigenvalue weighted by atomic mass is 10.1. The minimum atomic E-state index is -0.0161. The second-order valence-electron chi connectivity index (χ2n) is 5.97. The first-order valence-corrected chi connectivity index (χ1v) is 8.18. The predicted molar refractivity (Wildman–Crippen MR) is 78.0 cm³/mol. The molecule has 104 valence electrons. The maximum Gasteiger partial charge on any atom is 0.236 e. The topological polar surface area (TPSA) is 23.6 Å². The van der Waals surface area contributed by atoms with E-state index in [1.165, 1.54) is 32.4 Å². The number of amides is 1. The van der Waals surface area contributed by atoms with Gasteiger partial charge >= 0.3 is 0 Å². The summed E-state index contributed by atoms with van der Waals surface area (Å²) in [5.74, 6) is 0.649. The molecule has 0 saturated carbocycles. The molecule has 0 aromatic rings. The van der Waals surface area contributed by atoms with E-state index < -0.39 is 0 Å². The molecule has 3 nitrogen and oxygen atoms in total. The molecule has 18 heavy (non-hydrogen) atoms. The van der Waals surface area contributed by atoms with Crippen LogP contribution in [-0.2, 0) is 4.79 Å². The minimum absolute atomic E-state index is 0.0161. The fourth-order valence-corrected chi connectivity index (χ4v) is 3.27. The molecule has 2 rings (SSSR count). The molecule has 2 atom stereocenters. The van der Waals surface area contributed by atoms with Gasteiger partial charge in [-0.2, -0.15) is 0 Å². The number of carbonyl (C=O) groups is 1. The average Bonchev–Trinajstić information content (AvgIpc) is 2.87. The van der Waals surface area contributed by atoms with Crippen LogP contribution >= 0.6 is 15.9 Å². The Morgan fingerprint density at radius 3 is 2.44 bits per heavy atom. The van der Waals surface area contributed by atoms with E-state index in [1.54, 1.807) is 0 Å². The lowest BCUT2D eigenvalue weighted by molar-refractivity contribution is -0.130. The third-order valence-electron chi connectivity index (χ3n) is 4.20. The number of rotatable bonds is 3. The first-order valence-electron chi connectivity index (χ1n) is 7.26. The third-order valence-corrected chi connectivity index (χ3v) is 5.65. The highest BCUT2D eigenvalue weighted by Gasteiger charge is 2.33. The molecule has 0 aromatic heterocycles. The zero-order valence-corrected chi connectivity index (χ0v) is 13.2. The number of hydrogen-bond donors (Lipinski definition) is 0. The molecule has 1 amide bonds. The fourth-order valence-electron chi connectivity index (χ4n) is 2.98. The summed E-state index contributed by atoms with van der Waals surface area (Å²) in [6.07, 6.45) is 5.20. The predicted octanol–water partition coefficient (Wildman–Crippen LogP) is 2.49. The molecule has 4 heteroatoms. The van der Waals surface area contributed by atoms with Crippen LogP contribution in [0.15, 0.2) is 0 Å². The van der Waals surface area contributed by atoms with E-state index in [1.807, 2.05) is 0 Å². The van der Waals surface area contributed by atoms with Gasteiger partial charge in [0.25, 0.3) is 0 Å². The Labute approximate surface area is 119 Å². The van der Waals surface area contributed by atoms with E-state index in [-0.39, 0.29) is 10.7 Å². The van der Waals surface area contributed by atoms with E-state index >= 15 is 0 Å². The van der Waals surface area contributed by atoms with Gasteiger partial charge in [0.2, 0.25) is 5.91 Å². The normalized spacial score (nSPS) is 27.8. The Kier molecular flexibility index (Phi) is 5.07. The molecule has 2 unspecified atom stereocenters. The second-order valence-corrected chi connectivity index (χ2v) is 6.96. The van der Waals surface area contributed by atoms with E-state index in [2.05, 4.69) is 39.6 Å². The van der Waals surface area contributed by atoms with Crippen LogP contribution in [0.5, 0.6) is 0 Å². The number of piperidine rings is 1. The number of likely N-dealkylation sites (tertiary alicyclic amines) is 2. The average molecular weight is 317 g/mol. The number of alkyl halides is 1. The summed E-state index contributed by atoms with van der Waals surface area (Å²) >= 11 is 3.53. The molecule has 2 saturated heterocycles. The lowest BCUT2D eigenvalue weighted by Gasteiger charge is -2.32. The van der Waals surface area contributed by atoms with Gasteiger partial charge in [-0.3, -0.25) is 9.69 Å². The Hall–Kier alpha value is -0.0900. The first-order chi connectivity index (χ1) is 8.59. The maximum absolute atomic E-state index is 12.3. The van der Waals surface area contributed by atoms with Gasteiger partial charge in [-0.15, -0.1) is 0 Å². The van der Waals surface area contributed by atoms with Crippen LogP contribution in [0, 0.1) is 5.92 Å². The molecule has 2 fully saturated rings. The fraction of sp³-hybridized carbons (Fsp3) is 0.929. The number of hydrogen-bond acceptors (Lipinski definition) is 2. The summed E-state index contributed by atoms with van der Waals surface area (Å²) in [6.45, 7) is 8.52. The van der Waals surface area contributed by atoms with Crippen molar-refractivity contribution in [2.75, 3.05) is 26.2 Å². The zero-order valence-electron chi connectivity index (χ0n) is 11.6. The van der Waals surface area contributed by atoms with Gasteiger partial charge in [-0.05, 0) is 38.3 Å². The zero-order chi connectivity index (χ0) is 13.1. The summed E-state index contributed by atoms with van der Waals surface area (Å²) in [5, 5.41) is 0.